The second-order valence-electron chi connectivity index (χ2n) is 6.54. The van der Waals surface area contributed by atoms with Gasteiger partial charge in [-0.25, -0.2) is 4.98 Å². The van der Waals surface area contributed by atoms with Crippen LogP contribution >= 0.6 is 0 Å². The Balaban J connectivity index is 1.64. The molecule has 0 radical (unpaired) electrons. The maximum Gasteiger partial charge on any atom is 0.147 e. The van der Waals surface area contributed by atoms with Crippen LogP contribution in [-0.4, -0.2) is 34.5 Å². The molecule has 2 aromatic rings. The van der Waals surface area contributed by atoms with Gasteiger partial charge in [0.1, 0.15) is 18.0 Å². The summed E-state index contributed by atoms with van der Waals surface area (Å²) in [6.45, 7) is 2.09. The van der Waals surface area contributed by atoms with Crippen molar-refractivity contribution in [1.29, 1.82) is 5.26 Å². The molecule has 6 heteroatoms. The third kappa shape index (κ3) is 2.76. The monoisotopic (exact) mass is 323 g/mol. The summed E-state index contributed by atoms with van der Waals surface area (Å²) < 4.78 is 7.70. The Morgan fingerprint density at radius 3 is 3.00 bits per heavy atom. The van der Waals surface area contributed by atoms with Crippen molar-refractivity contribution in [3.8, 4) is 6.07 Å². The second kappa shape index (κ2) is 6.25. The van der Waals surface area contributed by atoms with E-state index in [4.69, 9.17) is 9.72 Å². The molecular formula is C18H21N5O. The molecule has 2 aliphatic rings. The van der Waals surface area contributed by atoms with Crippen molar-refractivity contribution in [1.82, 2.24) is 14.8 Å². The number of pyridine rings is 1. The predicted octanol–water partition coefficient (Wildman–Crippen LogP) is 2.14. The van der Waals surface area contributed by atoms with E-state index in [0.717, 1.165) is 30.8 Å². The van der Waals surface area contributed by atoms with Gasteiger partial charge in [-0.05, 0) is 37.3 Å². The maximum absolute atomic E-state index is 9.58. The smallest absolute Gasteiger partial charge is 0.147 e. The third-order valence-corrected chi connectivity index (χ3v) is 4.86. The van der Waals surface area contributed by atoms with Gasteiger partial charge in [-0.15, -0.1) is 0 Å². The topological polar surface area (TPSA) is 67.0 Å². The lowest BCUT2D eigenvalue weighted by molar-refractivity contribution is 0.0394. The van der Waals surface area contributed by atoms with Crippen LogP contribution < -0.4 is 4.90 Å². The molecule has 4 rings (SSSR count). The molecule has 1 aliphatic heterocycles. The SMILES string of the molecule is Cn1cc(C2CN(c3nc4c(cc3C#N)CCCC4)CCO2)cn1. The Labute approximate surface area is 141 Å². The number of fused-ring (bicyclic) bond motifs is 1. The average Bonchev–Trinajstić information content (AvgIpc) is 3.07. The molecule has 0 aromatic carbocycles. The zero-order valence-corrected chi connectivity index (χ0v) is 13.9. The summed E-state index contributed by atoms with van der Waals surface area (Å²) in [5.41, 5.74) is 4.17. The van der Waals surface area contributed by atoms with Crippen LogP contribution in [0.15, 0.2) is 18.5 Å². The van der Waals surface area contributed by atoms with Crippen LogP contribution in [0.4, 0.5) is 5.82 Å². The van der Waals surface area contributed by atoms with Crippen LogP contribution in [-0.2, 0) is 24.6 Å². The van der Waals surface area contributed by atoms with Gasteiger partial charge in [-0.3, -0.25) is 4.68 Å². The maximum atomic E-state index is 9.58. The van der Waals surface area contributed by atoms with E-state index in [9.17, 15) is 5.26 Å². The highest BCUT2D eigenvalue weighted by atomic mass is 16.5. The molecule has 0 saturated carbocycles. The van der Waals surface area contributed by atoms with Gasteiger partial charge in [0.15, 0.2) is 0 Å². The number of rotatable bonds is 2. The van der Waals surface area contributed by atoms with Crippen LogP contribution in [0.5, 0.6) is 0 Å². The quantitative estimate of drug-likeness (QED) is 0.847. The van der Waals surface area contributed by atoms with Crippen molar-refractivity contribution in [2.24, 2.45) is 7.05 Å². The minimum absolute atomic E-state index is 0.0307. The highest BCUT2D eigenvalue weighted by Gasteiger charge is 2.26. The van der Waals surface area contributed by atoms with Gasteiger partial charge in [0.2, 0.25) is 0 Å². The van der Waals surface area contributed by atoms with Crippen molar-refractivity contribution < 1.29 is 4.74 Å². The number of ether oxygens (including phenoxy) is 1. The Morgan fingerprint density at radius 2 is 2.21 bits per heavy atom. The molecule has 1 saturated heterocycles. The lowest BCUT2D eigenvalue weighted by Gasteiger charge is -2.34. The minimum atomic E-state index is -0.0307. The molecule has 1 fully saturated rings. The first-order valence-electron chi connectivity index (χ1n) is 8.52. The number of aromatic nitrogens is 3. The highest BCUT2D eigenvalue weighted by molar-refractivity contribution is 5.57. The van der Waals surface area contributed by atoms with Gasteiger partial charge in [0.25, 0.3) is 0 Å². The van der Waals surface area contributed by atoms with Gasteiger partial charge in [-0.2, -0.15) is 10.4 Å². The Morgan fingerprint density at radius 1 is 1.33 bits per heavy atom. The van der Waals surface area contributed by atoms with Crippen LogP contribution in [0.25, 0.3) is 0 Å². The van der Waals surface area contributed by atoms with Crippen molar-refractivity contribution in [2.75, 3.05) is 24.6 Å². The number of anilines is 1. The number of morpholine rings is 1. The Kier molecular flexibility index (Phi) is 3.95. The summed E-state index contributed by atoms with van der Waals surface area (Å²) in [4.78, 5) is 7.06. The van der Waals surface area contributed by atoms with E-state index in [1.807, 2.05) is 25.5 Å². The van der Waals surface area contributed by atoms with Gasteiger partial charge >= 0.3 is 0 Å². The summed E-state index contributed by atoms with van der Waals surface area (Å²) in [6, 6.07) is 4.39. The van der Waals surface area contributed by atoms with Gasteiger partial charge in [0, 0.05) is 31.0 Å². The van der Waals surface area contributed by atoms with Crippen molar-refractivity contribution in [2.45, 2.75) is 31.8 Å². The van der Waals surface area contributed by atoms with Gasteiger partial charge in [0.05, 0.1) is 24.9 Å². The number of aryl methyl sites for hydroxylation is 3. The molecule has 0 amide bonds. The number of hydrogen-bond acceptors (Lipinski definition) is 5. The number of nitrogens with zero attached hydrogens (tertiary/aromatic N) is 5. The lowest BCUT2D eigenvalue weighted by atomic mass is 9.94. The largest absolute Gasteiger partial charge is 0.370 e. The number of nitriles is 1. The first kappa shape index (κ1) is 15.2. The first-order chi connectivity index (χ1) is 11.7. The van der Waals surface area contributed by atoms with E-state index in [1.165, 1.54) is 24.1 Å². The zero-order valence-electron chi connectivity index (χ0n) is 13.9. The Hall–Kier alpha value is -2.39. The standard InChI is InChI=1S/C18H21N5O/c1-22-11-15(10-20-22)17-12-23(6-7-24-17)18-14(9-19)8-13-4-2-3-5-16(13)21-18/h8,10-11,17H,2-7,12H2,1H3. The van der Waals surface area contributed by atoms with Gasteiger partial charge in [-0.1, -0.05) is 0 Å². The average molecular weight is 323 g/mol. The zero-order chi connectivity index (χ0) is 16.5. The van der Waals surface area contributed by atoms with E-state index < -0.39 is 0 Å². The van der Waals surface area contributed by atoms with E-state index in [-0.39, 0.29) is 6.10 Å². The summed E-state index contributed by atoms with van der Waals surface area (Å²) in [5, 5.41) is 13.8. The first-order valence-corrected chi connectivity index (χ1v) is 8.52. The minimum Gasteiger partial charge on any atom is -0.370 e. The number of hydrogen-bond donors (Lipinski definition) is 0. The lowest BCUT2D eigenvalue weighted by Crippen LogP contribution is -2.39. The van der Waals surface area contributed by atoms with Crippen LogP contribution in [0, 0.1) is 11.3 Å². The van der Waals surface area contributed by atoms with Crippen LogP contribution in [0.3, 0.4) is 0 Å². The third-order valence-electron chi connectivity index (χ3n) is 4.86. The van der Waals surface area contributed by atoms with Crippen LogP contribution in [0.2, 0.25) is 0 Å². The molecule has 1 atom stereocenters. The van der Waals surface area contributed by atoms with E-state index >= 15 is 0 Å². The normalized spacial score (nSPS) is 20.5. The molecular weight excluding hydrogens is 302 g/mol. The van der Waals surface area contributed by atoms with Crippen molar-refractivity contribution in [3.05, 3.63) is 40.8 Å². The molecule has 124 valence electrons. The molecule has 6 nitrogen and oxygen atoms in total. The van der Waals surface area contributed by atoms with E-state index in [2.05, 4.69) is 16.1 Å². The highest BCUT2D eigenvalue weighted by Crippen LogP contribution is 2.30. The molecule has 1 unspecified atom stereocenters. The van der Waals surface area contributed by atoms with E-state index in [0.29, 0.717) is 18.7 Å². The predicted molar refractivity (Wildman–Crippen MR) is 89.7 cm³/mol. The molecule has 1 aliphatic carbocycles. The summed E-state index contributed by atoms with van der Waals surface area (Å²) in [6.07, 6.45) is 8.24. The summed E-state index contributed by atoms with van der Waals surface area (Å²) in [7, 11) is 1.91. The summed E-state index contributed by atoms with van der Waals surface area (Å²) >= 11 is 0. The molecule has 2 aromatic heterocycles. The molecule has 0 N–H and O–H groups in total. The molecule has 24 heavy (non-hydrogen) atoms. The van der Waals surface area contributed by atoms with Crippen LogP contribution in [0.1, 0.15) is 41.3 Å². The van der Waals surface area contributed by atoms with Crippen molar-refractivity contribution >= 4 is 5.82 Å². The fourth-order valence-electron chi connectivity index (χ4n) is 3.60. The Bertz CT molecular complexity index is 791. The second-order valence-corrected chi connectivity index (χ2v) is 6.54. The molecule has 0 bridgehead atoms. The van der Waals surface area contributed by atoms with Crippen molar-refractivity contribution in [3.63, 3.8) is 0 Å². The molecule has 3 heterocycles. The fourth-order valence-corrected chi connectivity index (χ4v) is 3.60. The van der Waals surface area contributed by atoms with E-state index in [1.54, 1.807) is 4.68 Å². The van der Waals surface area contributed by atoms with Gasteiger partial charge < -0.3 is 9.64 Å². The summed E-state index contributed by atoms with van der Waals surface area (Å²) in [5.74, 6) is 0.815. The molecule has 0 spiro atoms. The fraction of sp³-hybridized carbons (Fsp3) is 0.500.